The van der Waals surface area contributed by atoms with E-state index in [1.54, 1.807) is 24.5 Å². The summed E-state index contributed by atoms with van der Waals surface area (Å²) < 4.78 is 0. The second-order valence-electron chi connectivity index (χ2n) is 6.21. The van der Waals surface area contributed by atoms with Gasteiger partial charge in [0.15, 0.2) is 0 Å². The van der Waals surface area contributed by atoms with Crippen LogP contribution in [0.1, 0.15) is 34.6 Å². The Hall–Kier alpha value is -2.86. The number of rotatable bonds is 5. The summed E-state index contributed by atoms with van der Waals surface area (Å²) in [5.74, 6) is -0.424. The van der Waals surface area contributed by atoms with Gasteiger partial charge in [0, 0.05) is 13.2 Å². The van der Waals surface area contributed by atoms with Gasteiger partial charge in [-0.05, 0) is 40.8 Å². The molecule has 3 rings (SSSR count). The maximum atomic E-state index is 12.0. The number of H-pyrrole nitrogens is 1. The third kappa shape index (κ3) is 3.34. The Morgan fingerprint density at radius 1 is 1.32 bits per heavy atom. The number of fused-ring (bicyclic) bond motifs is 1. The average Bonchev–Trinajstić information content (AvgIpc) is 3.13. The smallest absolute Gasteiger partial charge is 0.255 e. The fourth-order valence-corrected chi connectivity index (χ4v) is 3.06. The molecule has 0 aliphatic carbocycles. The van der Waals surface area contributed by atoms with Crippen molar-refractivity contribution in [3.8, 4) is 5.75 Å². The van der Waals surface area contributed by atoms with Crippen molar-refractivity contribution in [2.75, 3.05) is 7.05 Å². The summed E-state index contributed by atoms with van der Waals surface area (Å²) in [6.07, 6.45) is 3.44. The monoisotopic (exact) mass is 339 g/mol. The largest absolute Gasteiger partial charge is 0.507 e. The minimum atomic E-state index is -0.654. The number of phenolic OH excluding ortho intramolecular Hbond substituents is 1. The molecule has 0 aliphatic heterocycles. The van der Waals surface area contributed by atoms with Crippen molar-refractivity contribution >= 4 is 16.7 Å². The molecule has 0 radical (unpaired) electrons. The van der Waals surface area contributed by atoms with Gasteiger partial charge in [0.05, 0.1) is 23.7 Å². The van der Waals surface area contributed by atoms with Gasteiger partial charge in [-0.15, -0.1) is 0 Å². The molecule has 3 aromatic rings. The number of aromatic hydroxyl groups is 1. The zero-order valence-corrected chi connectivity index (χ0v) is 14.2. The number of aromatic nitrogens is 2. The molecule has 1 heterocycles. The third-order valence-corrected chi connectivity index (χ3v) is 4.44. The van der Waals surface area contributed by atoms with Crippen molar-refractivity contribution in [3.63, 3.8) is 0 Å². The summed E-state index contributed by atoms with van der Waals surface area (Å²) in [6.45, 7) is 1.97. The van der Waals surface area contributed by atoms with Crippen LogP contribution in [-0.4, -0.2) is 33.1 Å². The normalized spacial score (nSPS) is 13.6. The lowest BCUT2D eigenvalue weighted by molar-refractivity contribution is 0.0962. The van der Waals surface area contributed by atoms with Crippen molar-refractivity contribution in [2.45, 2.75) is 19.4 Å². The Labute approximate surface area is 145 Å². The first kappa shape index (κ1) is 17.0. The van der Waals surface area contributed by atoms with E-state index in [4.69, 9.17) is 0 Å². The Balaban J connectivity index is 1.93. The highest BCUT2D eigenvalue weighted by Gasteiger charge is 2.20. The lowest BCUT2D eigenvalue weighted by Crippen LogP contribution is -2.18. The van der Waals surface area contributed by atoms with E-state index in [2.05, 4.69) is 15.3 Å². The number of aromatic amines is 1. The van der Waals surface area contributed by atoms with Gasteiger partial charge in [0.2, 0.25) is 0 Å². The van der Waals surface area contributed by atoms with Crippen LogP contribution in [0.4, 0.5) is 0 Å². The number of amides is 1. The Bertz CT molecular complexity index is 890. The van der Waals surface area contributed by atoms with Crippen LogP contribution >= 0.6 is 0 Å². The molecular weight excluding hydrogens is 318 g/mol. The van der Waals surface area contributed by atoms with Gasteiger partial charge in [-0.25, -0.2) is 4.98 Å². The maximum absolute atomic E-state index is 12.0. The predicted octanol–water partition coefficient (Wildman–Crippen LogP) is 2.54. The van der Waals surface area contributed by atoms with Crippen molar-refractivity contribution < 1.29 is 15.0 Å². The van der Waals surface area contributed by atoms with Gasteiger partial charge in [-0.1, -0.05) is 25.1 Å². The number of benzene rings is 2. The molecule has 0 aliphatic rings. The first-order valence-corrected chi connectivity index (χ1v) is 8.14. The van der Waals surface area contributed by atoms with Crippen molar-refractivity contribution in [3.05, 3.63) is 59.7 Å². The minimum Gasteiger partial charge on any atom is -0.507 e. The second kappa shape index (κ2) is 6.94. The number of carbonyl (C=O) groups is 1. The SMILES string of the molecule is CNC(=O)c1c(O)ccc2cc(C(O)C(C)Cc3c[nH]cn3)ccc12. The van der Waals surface area contributed by atoms with E-state index in [9.17, 15) is 15.0 Å². The lowest BCUT2D eigenvalue weighted by Gasteiger charge is -2.19. The zero-order chi connectivity index (χ0) is 18.0. The quantitative estimate of drug-likeness (QED) is 0.574. The Morgan fingerprint density at radius 2 is 2.12 bits per heavy atom. The number of hydrogen-bond acceptors (Lipinski definition) is 4. The predicted molar refractivity (Wildman–Crippen MR) is 95.4 cm³/mol. The van der Waals surface area contributed by atoms with E-state index in [0.717, 1.165) is 16.6 Å². The summed E-state index contributed by atoms with van der Waals surface area (Å²) >= 11 is 0. The lowest BCUT2D eigenvalue weighted by atomic mass is 9.91. The molecule has 1 aromatic heterocycles. The van der Waals surface area contributed by atoms with Gasteiger partial charge in [0.25, 0.3) is 5.91 Å². The van der Waals surface area contributed by atoms with Gasteiger partial charge in [0.1, 0.15) is 5.75 Å². The second-order valence-corrected chi connectivity index (χ2v) is 6.21. The van der Waals surface area contributed by atoms with Crippen LogP contribution in [0.5, 0.6) is 5.75 Å². The number of imidazole rings is 1. The van der Waals surface area contributed by atoms with Gasteiger partial charge in [-0.2, -0.15) is 0 Å². The average molecular weight is 339 g/mol. The van der Waals surface area contributed by atoms with Crippen molar-refractivity contribution in [1.82, 2.24) is 15.3 Å². The zero-order valence-electron chi connectivity index (χ0n) is 14.2. The molecule has 2 unspecified atom stereocenters. The Morgan fingerprint density at radius 3 is 2.80 bits per heavy atom. The molecule has 4 N–H and O–H groups in total. The molecule has 6 heteroatoms. The van der Waals surface area contributed by atoms with Crippen molar-refractivity contribution in [2.24, 2.45) is 5.92 Å². The molecule has 0 saturated carbocycles. The van der Waals surface area contributed by atoms with E-state index >= 15 is 0 Å². The highest BCUT2D eigenvalue weighted by atomic mass is 16.3. The van der Waals surface area contributed by atoms with Crippen LogP contribution in [0.2, 0.25) is 0 Å². The molecular formula is C19H21N3O3. The molecule has 0 bridgehead atoms. The number of aliphatic hydroxyl groups is 1. The molecule has 130 valence electrons. The van der Waals surface area contributed by atoms with Crippen LogP contribution in [0.3, 0.4) is 0 Å². The van der Waals surface area contributed by atoms with Crippen LogP contribution in [-0.2, 0) is 6.42 Å². The fraction of sp³-hybridized carbons (Fsp3) is 0.263. The Kier molecular flexibility index (Phi) is 4.72. The standard InChI is InChI=1S/C19H21N3O3/c1-11(7-14-9-21-10-22-14)18(24)13-3-5-15-12(8-13)4-6-16(23)17(15)19(25)20-2/h3-6,8-11,18,23-24H,7H2,1-2H3,(H,20,25)(H,21,22). The number of nitrogens with one attached hydrogen (secondary N) is 2. The highest BCUT2D eigenvalue weighted by Crippen LogP contribution is 2.31. The molecule has 6 nitrogen and oxygen atoms in total. The van der Waals surface area contributed by atoms with Crippen LogP contribution in [0, 0.1) is 5.92 Å². The summed E-state index contributed by atoms with van der Waals surface area (Å²) in [4.78, 5) is 19.1. The number of hydrogen-bond donors (Lipinski definition) is 4. The molecule has 1 amide bonds. The molecule has 25 heavy (non-hydrogen) atoms. The highest BCUT2D eigenvalue weighted by molar-refractivity contribution is 6.09. The molecule has 2 aromatic carbocycles. The van der Waals surface area contributed by atoms with E-state index in [1.807, 2.05) is 19.2 Å². The summed E-state index contributed by atoms with van der Waals surface area (Å²) in [5, 5.41) is 24.6. The van der Waals surface area contributed by atoms with E-state index in [0.29, 0.717) is 11.8 Å². The first-order valence-electron chi connectivity index (χ1n) is 8.14. The molecule has 2 atom stereocenters. The molecule has 0 spiro atoms. The van der Waals surface area contributed by atoms with Crippen LogP contribution in [0.15, 0.2) is 42.9 Å². The first-order chi connectivity index (χ1) is 12.0. The van der Waals surface area contributed by atoms with Gasteiger partial charge < -0.3 is 20.5 Å². The summed E-state index contributed by atoms with van der Waals surface area (Å²) in [7, 11) is 1.52. The van der Waals surface area contributed by atoms with E-state index in [-0.39, 0.29) is 23.1 Å². The topological polar surface area (TPSA) is 98.2 Å². The third-order valence-electron chi connectivity index (χ3n) is 4.44. The molecule has 0 saturated heterocycles. The number of phenols is 1. The number of nitrogens with zero attached hydrogens (tertiary/aromatic N) is 1. The van der Waals surface area contributed by atoms with Gasteiger partial charge in [-0.3, -0.25) is 4.79 Å². The van der Waals surface area contributed by atoms with Crippen LogP contribution in [0.25, 0.3) is 10.8 Å². The number of aliphatic hydroxyl groups excluding tert-OH is 1. The number of carbonyl (C=O) groups excluding carboxylic acids is 1. The molecule has 0 fully saturated rings. The fourth-order valence-electron chi connectivity index (χ4n) is 3.06. The maximum Gasteiger partial charge on any atom is 0.255 e. The summed E-state index contributed by atoms with van der Waals surface area (Å²) in [5.41, 5.74) is 1.91. The van der Waals surface area contributed by atoms with Gasteiger partial charge >= 0.3 is 0 Å². The van der Waals surface area contributed by atoms with E-state index in [1.165, 1.54) is 13.1 Å². The minimum absolute atomic E-state index is 0.0173. The summed E-state index contributed by atoms with van der Waals surface area (Å²) in [6, 6.07) is 8.65. The van der Waals surface area contributed by atoms with E-state index < -0.39 is 6.10 Å². The van der Waals surface area contributed by atoms with Crippen molar-refractivity contribution in [1.29, 1.82) is 0 Å². The van der Waals surface area contributed by atoms with Crippen LogP contribution < -0.4 is 5.32 Å².